The Morgan fingerprint density at radius 1 is 1.50 bits per heavy atom. The van der Waals surface area contributed by atoms with Crippen LogP contribution in [0.5, 0.6) is 0 Å². The molecule has 0 spiro atoms. The van der Waals surface area contributed by atoms with E-state index >= 15 is 0 Å². The van der Waals surface area contributed by atoms with Crippen LogP contribution in [0.3, 0.4) is 0 Å². The molecule has 0 radical (unpaired) electrons. The molecule has 1 rings (SSSR count). The van der Waals surface area contributed by atoms with Crippen molar-refractivity contribution < 1.29 is 14.3 Å². The predicted molar refractivity (Wildman–Crippen MR) is 56.8 cm³/mol. The van der Waals surface area contributed by atoms with Crippen molar-refractivity contribution in [2.45, 2.75) is 20.3 Å². The number of halogens is 2. The third-order valence-corrected chi connectivity index (χ3v) is 1.98. The Hall–Kier alpha value is -0.900. The van der Waals surface area contributed by atoms with E-state index in [4.69, 9.17) is 5.11 Å². The molecule has 0 aliphatic rings. The minimum absolute atomic E-state index is 0.149. The average molecular weight is 263 g/mol. The normalized spacial score (nSPS) is 8.86. The fourth-order valence-corrected chi connectivity index (χ4v) is 1.07. The van der Waals surface area contributed by atoms with Gasteiger partial charge < -0.3 is 5.11 Å². The van der Waals surface area contributed by atoms with Crippen molar-refractivity contribution >= 4 is 21.9 Å². The Morgan fingerprint density at radius 3 is 2.50 bits per heavy atom. The molecule has 2 nitrogen and oxygen atoms in total. The molecular weight excluding hydrogens is 251 g/mol. The zero-order valence-electron chi connectivity index (χ0n) is 8.05. The van der Waals surface area contributed by atoms with Crippen LogP contribution in [0.2, 0.25) is 0 Å². The molecule has 0 heterocycles. The van der Waals surface area contributed by atoms with Gasteiger partial charge in [-0.25, -0.2) is 4.39 Å². The number of carboxylic acid groups (broad SMARTS) is 1. The Kier molecular flexibility index (Phi) is 6.12. The topological polar surface area (TPSA) is 37.3 Å². The first-order valence-corrected chi connectivity index (χ1v) is 5.04. The lowest BCUT2D eigenvalue weighted by molar-refractivity contribution is -0.136. The number of benzene rings is 1. The molecule has 4 heteroatoms. The van der Waals surface area contributed by atoms with E-state index in [0.29, 0.717) is 10.0 Å². The molecular formula is C10H12BrFO2. The van der Waals surface area contributed by atoms with Gasteiger partial charge in [0.25, 0.3) is 0 Å². The molecule has 78 valence electrons. The monoisotopic (exact) mass is 262 g/mol. The zero-order valence-corrected chi connectivity index (χ0v) is 9.64. The Labute approximate surface area is 90.9 Å². The van der Waals surface area contributed by atoms with Crippen LogP contribution in [0.1, 0.15) is 19.4 Å². The van der Waals surface area contributed by atoms with Crippen LogP contribution < -0.4 is 0 Å². The number of hydrogen-bond donors (Lipinski definition) is 1. The summed E-state index contributed by atoms with van der Waals surface area (Å²) in [5.41, 5.74) is 0.461. The van der Waals surface area contributed by atoms with E-state index in [9.17, 15) is 9.18 Å². The van der Waals surface area contributed by atoms with E-state index in [-0.39, 0.29) is 6.42 Å². The molecule has 0 fully saturated rings. The lowest BCUT2D eigenvalue weighted by atomic mass is 10.1. The summed E-state index contributed by atoms with van der Waals surface area (Å²) in [5, 5.41) is 8.39. The Bertz CT molecular complexity index is 313. The lowest BCUT2D eigenvalue weighted by Crippen LogP contribution is -2.00. The van der Waals surface area contributed by atoms with Gasteiger partial charge in [-0.15, -0.1) is 0 Å². The number of carboxylic acids is 1. The summed E-state index contributed by atoms with van der Waals surface area (Å²) in [6.45, 7) is 4.00. The van der Waals surface area contributed by atoms with E-state index in [1.807, 2.05) is 13.8 Å². The molecule has 0 aliphatic carbocycles. The summed E-state index contributed by atoms with van der Waals surface area (Å²) in [5.74, 6) is -1.40. The van der Waals surface area contributed by atoms with Crippen LogP contribution in [0.25, 0.3) is 0 Å². The van der Waals surface area contributed by atoms with Crippen molar-refractivity contribution in [2.75, 3.05) is 0 Å². The maximum Gasteiger partial charge on any atom is 0.307 e. The van der Waals surface area contributed by atoms with E-state index in [1.165, 1.54) is 12.1 Å². The van der Waals surface area contributed by atoms with Crippen molar-refractivity contribution in [3.8, 4) is 0 Å². The van der Waals surface area contributed by atoms with Gasteiger partial charge in [-0.2, -0.15) is 0 Å². The van der Waals surface area contributed by atoms with Crippen molar-refractivity contribution in [2.24, 2.45) is 0 Å². The quantitative estimate of drug-likeness (QED) is 0.889. The standard InChI is InChI=1S/C8H6BrFO2.C2H6/c9-6-2-1-5(3-7(6)10)4-8(11)12;1-2/h1-3H,4H2,(H,11,12);1-2H3. The van der Waals surface area contributed by atoms with Crippen molar-refractivity contribution in [3.05, 3.63) is 34.1 Å². The van der Waals surface area contributed by atoms with Gasteiger partial charge in [-0.05, 0) is 33.6 Å². The Balaban J connectivity index is 0.000000791. The van der Waals surface area contributed by atoms with E-state index < -0.39 is 11.8 Å². The molecule has 0 bridgehead atoms. The average Bonchev–Trinajstić information content (AvgIpc) is 2.14. The molecule has 1 N–H and O–H groups in total. The van der Waals surface area contributed by atoms with E-state index in [2.05, 4.69) is 15.9 Å². The van der Waals surface area contributed by atoms with Crippen LogP contribution in [0.15, 0.2) is 22.7 Å². The first kappa shape index (κ1) is 13.1. The zero-order chi connectivity index (χ0) is 11.1. The molecule has 0 atom stereocenters. The van der Waals surface area contributed by atoms with Gasteiger partial charge in [0.1, 0.15) is 5.82 Å². The Morgan fingerprint density at radius 2 is 2.07 bits per heavy atom. The maximum atomic E-state index is 12.8. The summed E-state index contributed by atoms with van der Waals surface area (Å²) in [6, 6.07) is 4.27. The van der Waals surface area contributed by atoms with E-state index in [1.54, 1.807) is 6.07 Å². The van der Waals surface area contributed by atoms with Gasteiger partial charge >= 0.3 is 5.97 Å². The molecule has 14 heavy (non-hydrogen) atoms. The summed E-state index contributed by atoms with van der Waals surface area (Å²) in [7, 11) is 0. The highest BCUT2D eigenvalue weighted by Gasteiger charge is 2.03. The van der Waals surface area contributed by atoms with Gasteiger partial charge in [-0.3, -0.25) is 4.79 Å². The van der Waals surface area contributed by atoms with E-state index in [0.717, 1.165) is 0 Å². The minimum atomic E-state index is -0.961. The minimum Gasteiger partial charge on any atom is -0.481 e. The fourth-order valence-electron chi connectivity index (χ4n) is 0.824. The fraction of sp³-hybridized carbons (Fsp3) is 0.300. The van der Waals surface area contributed by atoms with Gasteiger partial charge in [0.15, 0.2) is 0 Å². The second kappa shape index (κ2) is 6.54. The van der Waals surface area contributed by atoms with Crippen LogP contribution in [0.4, 0.5) is 4.39 Å². The van der Waals surface area contributed by atoms with Crippen molar-refractivity contribution in [1.82, 2.24) is 0 Å². The predicted octanol–water partition coefficient (Wildman–Crippen LogP) is 3.24. The van der Waals surface area contributed by atoms with Crippen molar-refractivity contribution in [3.63, 3.8) is 0 Å². The largest absolute Gasteiger partial charge is 0.481 e. The summed E-state index contributed by atoms with van der Waals surface area (Å²) < 4.78 is 13.1. The van der Waals surface area contributed by atoms with Gasteiger partial charge in [0.2, 0.25) is 0 Å². The van der Waals surface area contributed by atoms with Gasteiger partial charge in [0.05, 0.1) is 10.9 Å². The first-order chi connectivity index (χ1) is 6.59. The lowest BCUT2D eigenvalue weighted by Gasteiger charge is -1.98. The maximum absolute atomic E-state index is 12.8. The van der Waals surface area contributed by atoms with Crippen LogP contribution in [0, 0.1) is 5.82 Å². The van der Waals surface area contributed by atoms with Crippen LogP contribution in [-0.2, 0) is 11.2 Å². The molecule has 0 saturated carbocycles. The number of hydrogen-bond acceptors (Lipinski definition) is 1. The molecule has 1 aromatic carbocycles. The second-order valence-electron chi connectivity index (χ2n) is 2.32. The van der Waals surface area contributed by atoms with Crippen LogP contribution in [-0.4, -0.2) is 11.1 Å². The molecule has 0 saturated heterocycles. The highest BCUT2D eigenvalue weighted by atomic mass is 79.9. The highest BCUT2D eigenvalue weighted by molar-refractivity contribution is 9.10. The number of carbonyl (C=O) groups is 1. The summed E-state index contributed by atoms with van der Waals surface area (Å²) in [6.07, 6.45) is -0.149. The molecule has 0 aromatic heterocycles. The molecule has 0 unspecified atom stereocenters. The highest BCUT2D eigenvalue weighted by Crippen LogP contribution is 2.16. The SMILES string of the molecule is CC.O=C(O)Cc1ccc(Br)c(F)c1. The van der Waals surface area contributed by atoms with Gasteiger partial charge in [-0.1, -0.05) is 19.9 Å². The molecule has 1 aromatic rings. The third kappa shape index (κ3) is 4.37. The number of rotatable bonds is 2. The smallest absolute Gasteiger partial charge is 0.307 e. The van der Waals surface area contributed by atoms with Gasteiger partial charge in [0, 0.05) is 0 Å². The summed E-state index contributed by atoms with van der Waals surface area (Å²) >= 11 is 2.97. The summed E-state index contributed by atoms with van der Waals surface area (Å²) in [4.78, 5) is 10.2. The molecule has 0 aliphatic heterocycles. The number of aliphatic carboxylic acids is 1. The van der Waals surface area contributed by atoms with Crippen LogP contribution >= 0.6 is 15.9 Å². The van der Waals surface area contributed by atoms with Crippen molar-refractivity contribution in [1.29, 1.82) is 0 Å². The molecule has 0 amide bonds. The first-order valence-electron chi connectivity index (χ1n) is 4.25. The third-order valence-electron chi connectivity index (χ3n) is 1.34. The second-order valence-corrected chi connectivity index (χ2v) is 3.17.